The number of carboxylic acids is 1. The highest BCUT2D eigenvalue weighted by molar-refractivity contribution is 7.99. The Labute approximate surface area is 156 Å². The van der Waals surface area contributed by atoms with Crippen molar-refractivity contribution < 1.29 is 23.9 Å². The summed E-state index contributed by atoms with van der Waals surface area (Å²) in [4.78, 5) is 35.8. The monoisotopic (exact) mass is 383 g/mol. The summed E-state index contributed by atoms with van der Waals surface area (Å²) in [5, 5.41) is 19.0. The molecular formula is C17H25N3O5S. The fourth-order valence-electron chi connectivity index (χ4n) is 3.00. The van der Waals surface area contributed by atoms with Crippen molar-refractivity contribution in [1.29, 1.82) is 0 Å². The number of Topliss-reactive ketones (excluding diaryl/α,β-unsaturated/α-hetero) is 1. The second kappa shape index (κ2) is 9.70. The van der Waals surface area contributed by atoms with Crippen molar-refractivity contribution in [2.45, 2.75) is 63.6 Å². The first-order valence-corrected chi connectivity index (χ1v) is 9.88. The van der Waals surface area contributed by atoms with Gasteiger partial charge in [-0.2, -0.15) is 0 Å². The third kappa shape index (κ3) is 6.12. The molecule has 1 amide bonds. The van der Waals surface area contributed by atoms with E-state index < -0.39 is 17.8 Å². The second-order valence-corrected chi connectivity index (χ2v) is 7.87. The molecule has 1 heterocycles. The van der Waals surface area contributed by atoms with E-state index in [0.29, 0.717) is 6.42 Å². The number of aliphatic carboxylic acids is 1. The molecule has 1 fully saturated rings. The fraction of sp³-hybridized carbons (Fsp3) is 0.706. The lowest BCUT2D eigenvalue weighted by atomic mass is 9.88. The molecule has 1 atom stereocenters. The number of carbonyl (C=O) groups excluding carboxylic acids is 2. The third-order valence-electron chi connectivity index (χ3n) is 4.25. The van der Waals surface area contributed by atoms with Gasteiger partial charge in [0, 0.05) is 5.92 Å². The van der Waals surface area contributed by atoms with Crippen LogP contribution in [-0.2, 0) is 9.59 Å². The van der Waals surface area contributed by atoms with E-state index in [1.807, 2.05) is 13.8 Å². The van der Waals surface area contributed by atoms with Gasteiger partial charge in [0.1, 0.15) is 5.75 Å². The van der Waals surface area contributed by atoms with E-state index in [-0.39, 0.29) is 34.6 Å². The highest BCUT2D eigenvalue weighted by atomic mass is 32.2. The molecule has 9 heteroatoms. The van der Waals surface area contributed by atoms with Gasteiger partial charge < -0.3 is 14.8 Å². The van der Waals surface area contributed by atoms with Crippen LogP contribution in [0.1, 0.15) is 63.1 Å². The molecule has 2 N–H and O–H groups in total. The number of aromatic nitrogens is 2. The molecule has 2 rings (SSSR count). The standard InChI is InChI=1S/C17H25N3O5S/c1-10(2)8-12(18-15(24)11-6-4-3-5-7-11)14(23)16-19-20-17(25-16)26-9-13(21)22/h10-12H,3-9H2,1-2H3,(H,18,24)(H,21,22)/t12-/m0/s1. The summed E-state index contributed by atoms with van der Waals surface area (Å²) in [6.45, 7) is 3.93. The normalized spacial score (nSPS) is 16.4. The molecule has 1 aromatic rings. The summed E-state index contributed by atoms with van der Waals surface area (Å²) in [6, 6.07) is -0.720. The fourth-order valence-corrected chi connectivity index (χ4v) is 3.48. The molecule has 8 nitrogen and oxygen atoms in total. The maximum Gasteiger partial charge on any atom is 0.314 e. The summed E-state index contributed by atoms with van der Waals surface area (Å²) >= 11 is 0.850. The number of rotatable bonds is 9. The van der Waals surface area contributed by atoms with E-state index >= 15 is 0 Å². The van der Waals surface area contributed by atoms with Crippen molar-refractivity contribution >= 4 is 29.4 Å². The topological polar surface area (TPSA) is 122 Å². The maximum atomic E-state index is 12.7. The molecule has 1 aliphatic carbocycles. The number of ketones is 1. The molecule has 1 aliphatic rings. The minimum Gasteiger partial charge on any atom is -0.481 e. The highest BCUT2D eigenvalue weighted by Gasteiger charge is 2.30. The largest absolute Gasteiger partial charge is 0.481 e. The van der Waals surface area contributed by atoms with E-state index in [1.165, 1.54) is 0 Å². The maximum absolute atomic E-state index is 12.7. The van der Waals surface area contributed by atoms with Crippen molar-refractivity contribution in [2.75, 3.05) is 5.75 Å². The smallest absolute Gasteiger partial charge is 0.314 e. The lowest BCUT2D eigenvalue weighted by Gasteiger charge is -2.24. The zero-order chi connectivity index (χ0) is 19.1. The third-order valence-corrected chi connectivity index (χ3v) is 5.06. The first kappa shape index (κ1) is 20.4. The Bertz CT molecular complexity index is 640. The number of carboxylic acid groups (broad SMARTS) is 1. The number of carbonyl (C=O) groups is 3. The molecular weight excluding hydrogens is 358 g/mol. The molecule has 1 aromatic heterocycles. The van der Waals surface area contributed by atoms with E-state index in [9.17, 15) is 14.4 Å². The highest BCUT2D eigenvalue weighted by Crippen LogP contribution is 2.24. The number of hydrogen-bond donors (Lipinski definition) is 2. The van der Waals surface area contributed by atoms with E-state index in [4.69, 9.17) is 9.52 Å². The van der Waals surface area contributed by atoms with Crippen LogP contribution in [0.25, 0.3) is 0 Å². The van der Waals surface area contributed by atoms with Crippen LogP contribution in [0.5, 0.6) is 0 Å². The lowest BCUT2D eigenvalue weighted by Crippen LogP contribution is -2.45. The lowest BCUT2D eigenvalue weighted by molar-refractivity contribution is -0.134. The van der Waals surface area contributed by atoms with Gasteiger partial charge in [-0.1, -0.05) is 44.9 Å². The number of nitrogens with one attached hydrogen (secondary N) is 1. The minimum absolute atomic E-state index is 0.0256. The van der Waals surface area contributed by atoms with Gasteiger partial charge in [-0.05, 0) is 25.2 Å². The number of thioether (sulfide) groups is 1. The van der Waals surface area contributed by atoms with E-state index in [2.05, 4.69) is 15.5 Å². The van der Waals surface area contributed by atoms with Crippen molar-refractivity contribution in [1.82, 2.24) is 15.5 Å². The molecule has 1 saturated carbocycles. The van der Waals surface area contributed by atoms with Gasteiger partial charge in [0.25, 0.3) is 11.1 Å². The zero-order valence-corrected chi connectivity index (χ0v) is 15.9. The summed E-state index contributed by atoms with van der Waals surface area (Å²) in [7, 11) is 0. The number of hydrogen-bond acceptors (Lipinski definition) is 7. The molecule has 0 aromatic carbocycles. The van der Waals surface area contributed by atoms with Gasteiger partial charge in [0.15, 0.2) is 0 Å². The van der Waals surface area contributed by atoms with Crippen LogP contribution in [0.2, 0.25) is 0 Å². The Morgan fingerprint density at radius 1 is 1.23 bits per heavy atom. The Balaban J connectivity index is 2.03. The van der Waals surface area contributed by atoms with E-state index in [1.54, 1.807) is 0 Å². The van der Waals surface area contributed by atoms with Gasteiger partial charge in [0.2, 0.25) is 11.7 Å². The Kier molecular flexibility index (Phi) is 7.62. The molecule has 0 aliphatic heterocycles. The number of amides is 1. The quantitative estimate of drug-likeness (QED) is 0.493. The Hall–Kier alpha value is -1.90. The average molecular weight is 383 g/mol. The van der Waals surface area contributed by atoms with Gasteiger partial charge in [-0.15, -0.1) is 10.2 Å². The molecule has 26 heavy (non-hydrogen) atoms. The molecule has 0 saturated heterocycles. The summed E-state index contributed by atoms with van der Waals surface area (Å²) in [6.07, 6.45) is 5.40. The molecule has 0 spiro atoms. The summed E-state index contributed by atoms with van der Waals surface area (Å²) in [5.74, 6) is -1.83. The molecule has 0 radical (unpaired) electrons. The van der Waals surface area contributed by atoms with Gasteiger partial charge >= 0.3 is 5.97 Å². The predicted molar refractivity (Wildman–Crippen MR) is 94.9 cm³/mol. The Morgan fingerprint density at radius 2 is 1.92 bits per heavy atom. The van der Waals surface area contributed by atoms with E-state index in [0.717, 1.165) is 43.9 Å². The SMILES string of the molecule is CC(C)C[C@H](NC(=O)C1CCCCC1)C(=O)c1nnc(SCC(=O)O)o1. The van der Waals surface area contributed by atoms with Crippen molar-refractivity contribution in [3.63, 3.8) is 0 Å². The first-order chi connectivity index (χ1) is 12.4. The predicted octanol–water partition coefficient (Wildman–Crippen LogP) is 2.54. The van der Waals surface area contributed by atoms with Gasteiger partial charge in [-0.3, -0.25) is 14.4 Å². The van der Waals surface area contributed by atoms with Crippen LogP contribution < -0.4 is 5.32 Å². The van der Waals surface area contributed by atoms with Crippen LogP contribution in [0.15, 0.2) is 9.64 Å². The average Bonchev–Trinajstić information content (AvgIpc) is 3.08. The number of nitrogens with zero attached hydrogens (tertiary/aromatic N) is 2. The van der Waals surface area contributed by atoms with Crippen LogP contribution in [0.3, 0.4) is 0 Å². The zero-order valence-electron chi connectivity index (χ0n) is 15.1. The summed E-state index contributed by atoms with van der Waals surface area (Å²) < 4.78 is 5.26. The molecule has 0 bridgehead atoms. The Morgan fingerprint density at radius 3 is 2.54 bits per heavy atom. The minimum atomic E-state index is -1.02. The van der Waals surface area contributed by atoms with Crippen molar-refractivity contribution in [3.05, 3.63) is 5.89 Å². The summed E-state index contributed by atoms with van der Waals surface area (Å²) in [5.41, 5.74) is 0. The van der Waals surface area contributed by atoms with Crippen molar-refractivity contribution in [3.8, 4) is 0 Å². The molecule has 0 unspecified atom stereocenters. The van der Waals surface area contributed by atoms with Crippen molar-refractivity contribution in [2.24, 2.45) is 11.8 Å². The van der Waals surface area contributed by atoms with Gasteiger partial charge in [-0.25, -0.2) is 0 Å². The van der Waals surface area contributed by atoms with Crippen LogP contribution >= 0.6 is 11.8 Å². The van der Waals surface area contributed by atoms with Gasteiger partial charge in [0.05, 0.1) is 6.04 Å². The second-order valence-electron chi connectivity index (χ2n) is 6.95. The first-order valence-electron chi connectivity index (χ1n) is 8.89. The van der Waals surface area contributed by atoms with Crippen LogP contribution in [0.4, 0.5) is 0 Å². The van der Waals surface area contributed by atoms with Crippen LogP contribution in [-0.4, -0.2) is 44.8 Å². The van der Waals surface area contributed by atoms with Crippen LogP contribution in [0, 0.1) is 11.8 Å². The molecule has 144 valence electrons.